The molecule has 1 aromatic rings. The third-order valence-electron chi connectivity index (χ3n) is 4.20. The van der Waals surface area contributed by atoms with Crippen LogP contribution in [-0.2, 0) is 19.6 Å². The molecule has 0 saturated carbocycles. The lowest BCUT2D eigenvalue weighted by Crippen LogP contribution is -2.35. The lowest BCUT2D eigenvalue weighted by Gasteiger charge is -2.18. The van der Waals surface area contributed by atoms with Gasteiger partial charge in [-0.2, -0.15) is 0 Å². The molecule has 0 bridgehead atoms. The van der Waals surface area contributed by atoms with Crippen LogP contribution in [0.15, 0.2) is 24.3 Å². The van der Waals surface area contributed by atoms with Gasteiger partial charge >= 0.3 is 5.97 Å². The summed E-state index contributed by atoms with van der Waals surface area (Å²) < 4.78 is 36.1. The van der Waals surface area contributed by atoms with Crippen LogP contribution in [-0.4, -0.2) is 51.8 Å². The first kappa shape index (κ1) is 17.7. The molecule has 23 heavy (non-hydrogen) atoms. The lowest BCUT2D eigenvalue weighted by molar-refractivity contribution is -0.144. The standard InChI is InChI=1S/C16H23NO5S/c1-12(16(18)22-3)11-23(19,20)17-9-8-14(10-17)13-4-6-15(21-2)7-5-13/h4-7,12,14H,8-11H2,1-3H3/t12-,14+/m1/s1. The largest absolute Gasteiger partial charge is 0.497 e. The molecule has 1 aliphatic rings. The molecular weight excluding hydrogens is 318 g/mol. The number of hydrogen-bond donors (Lipinski definition) is 0. The maximum absolute atomic E-state index is 12.4. The Balaban J connectivity index is 2.01. The van der Waals surface area contributed by atoms with E-state index in [9.17, 15) is 13.2 Å². The summed E-state index contributed by atoms with van der Waals surface area (Å²) in [6.45, 7) is 2.50. The van der Waals surface area contributed by atoms with Gasteiger partial charge in [-0.25, -0.2) is 12.7 Å². The molecule has 6 nitrogen and oxygen atoms in total. The molecule has 1 saturated heterocycles. The maximum Gasteiger partial charge on any atom is 0.309 e. The molecule has 2 atom stereocenters. The normalized spacial score (nSPS) is 20.2. The van der Waals surface area contributed by atoms with E-state index in [1.54, 1.807) is 14.0 Å². The topological polar surface area (TPSA) is 72.9 Å². The summed E-state index contributed by atoms with van der Waals surface area (Å²) in [5, 5.41) is 0. The van der Waals surface area contributed by atoms with Gasteiger partial charge in [0.2, 0.25) is 10.0 Å². The summed E-state index contributed by atoms with van der Waals surface area (Å²) in [6.07, 6.45) is 0.776. The zero-order valence-corrected chi connectivity index (χ0v) is 14.5. The fraction of sp³-hybridized carbons (Fsp3) is 0.562. The summed E-state index contributed by atoms with van der Waals surface area (Å²) in [5.41, 5.74) is 1.10. The second kappa shape index (κ2) is 7.31. The monoisotopic (exact) mass is 341 g/mol. The third-order valence-corrected chi connectivity index (χ3v) is 6.24. The molecule has 128 valence electrons. The van der Waals surface area contributed by atoms with Crippen LogP contribution in [0, 0.1) is 5.92 Å². The average Bonchev–Trinajstić information content (AvgIpc) is 3.04. The first-order chi connectivity index (χ1) is 10.9. The van der Waals surface area contributed by atoms with Crippen LogP contribution in [0.4, 0.5) is 0 Å². The molecule has 1 aliphatic heterocycles. The third kappa shape index (κ3) is 4.23. The fourth-order valence-corrected chi connectivity index (χ4v) is 4.59. The Morgan fingerprint density at radius 1 is 1.30 bits per heavy atom. The zero-order valence-electron chi connectivity index (χ0n) is 13.7. The van der Waals surface area contributed by atoms with Crippen molar-refractivity contribution in [1.82, 2.24) is 4.31 Å². The molecule has 0 aliphatic carbocycles. The lowest BCUT2D eigenvalue weighted by atomic mass is 9.99. The van der Waals surface area contributed by atoms with Gasteiger partial charge < -0.3 is 9.47 Å². The van der Waals surface area contributed by atoms with E-state index in [1.807, 2.05) is 24.3 Å². The first-order valence-corrected chi connectivity index (χ1v) is 9.18. The number of rotatable bonds is 6. The fourth-order valence-electron chi connectivity index (χ4n) is 2.82. The quantitative estimate of drug-likeness (QED) is 0.735. The van der Waals surface area contributed by atoms with Crippen molar-refractivity contribution in [1.29, 1.82) is 0 Å². The number of nitrogens with zero attached hydrogens (tertiary/aromatic N) is 1. The van der Waals surface area contributed by atoms with E-state index in [2.05, 4.69) is 4.74 Å². The van der Waals surface area contributed by atoms with Gasteiger partial charge in [-0.3, -0.25) is 4.79 Å². The smallest absolute Gasteiger partial charge is 0.309 e. The van der Waals surface area contributed by atoms with Crippen molar-refractivity contribution in [3.05, 3.63) is 29.8 Å². The minimum atomic E-state index is -3.46. The van der Waals surface area contributed by atoms with E-state index in [4.69, 9.17) is 4.74 Å². The highest BCUT2D eigenvalue weighted by Gasteiger charge is 2.34. The summed E-state index contributed by atoms with van der Waals surface area (Å²) in [4.78, 5) is 11.4. The first-order valence-electron chi connectivity index (χ1n) is 7.57. The molecule has 0 N–H and O–H groups in total. The summed E-state index contributed by atoms with van der Waals surface area (Å²) in [7, 11) is -0.583. The zero-order chi connectivity index (χ0) is 17.0. The molecule has 1 aromatic carbocycles. The highest BCUT2D eigenvalue weighted by Crippen LogP contribution is 2.30. The number of sulfonamides is 1. The average molecular weight is 341 g/mol. The van der Waals surface area contributed by atoms with Gasteiger partial charge in [0.15, 0.2) is 0 Å². The number of benzene rings is 1. The van der Waals surface area contributed by atoms with Gasteiger partial charge in [0, 0.05) is 13.1 Å². The van der Waals surface area contributed by atoms with Crippen LogP contribution in [0.5, 0.6) is 5.75 Å². The van der Waals surface area contributed by atoms with Crippen LogP contribution >= 0.6 is 0 Å². The molecule has 0 spiro atoms. The molecular formula is C16H23NO5S. The Kier molecular flexibility index (Phi) is 5.64. The second-order valence-corrected chi connectivity index (χ2v) is 7.83. The number of carbonyl (C=O) groups is 1. The predicted molar refractivity (Wildman–Crippen MR) is 86.9 cm³/mol. The van der Waals surface area contributed by atoms with E-state index in [-0.39, 0.29) is 11.7 Å². The van der Waals surface area contributed by atoms with Gasteiger partial charge in [0.05, 0.1) is 25.9 Å². The van der Waals surface area contributed by atoms with Gasteiger partial charge in [0.25, 0.3) is 0 Å². The van der Waals surface area contributed by atoms with E-state index >= 15 is 0 Å². The van der Waals surface area contributed by atoms with Crippen LogP contribution in [0.3, 0.4) is 0 Å². The van der Waals surface area contributed by atoms with Crippen LogP contribution in [0.1, 0.15) is 24.8 Å². The molecule has 0 aromatic heterocycles. The number of ether oxygens (including phenoxy) is 2. The highest BCUT2D eigenvalue weighted by atomic mass is 32.2. The van der Waals surface area contributed by atoms with Gasteiger partial charge in [-0.1, -0.05) is 19.1 Å². The van der Waals surface area contributed by atoms with Gasteiger partial charge in [-0.15, -0.1) is 0 Å². The Morgan fingerprint density at radius 2 is 1.96 bits per heavy atom. The maximum atomic E-state index is 12.4. The van der Waals surface area contributed by atoms with Crippen molar-refractivity contribution in [2.24, 2.45) is 5.92 Å². The summed E-state index contributed by atoms with van der Waals surface area (Å²) >= 11 is 0. The summed E-state index contributed by atoms with van der Waals surface area (Å²) in [5.74, 6) is -0.425. The molecule has 1 fully saturated rings. The Hall–Kier alpha value is -1.60. The van der Waals surface area contributed by atoms with Gasteiger partial charge in [0.1, 0.15) is 5.75 Å². The van der Waals surface area contributed by atoms with E-state index in [1.165, 1.54) is 11.4 Å². The van der Waals surface area contributed by atoms with Crippen molar-refractivity contribution >= 4 is 16.0 Å². The molecule has 0 unspecified atom stereocenters. The van der Waals surface area contributed by atoms with E-state index in [0.29, 0.717) is 13.1 Å². The molecule has 2 rings (SSSR count). The Bertz CT molecular complexity index is 641. The van der Waals surface area contributed by atoms with E-state index < -0.39 is 21.9 Å². The Labute approximate surface area is 137 Å². The predicted octanol–water partition coefficient (Wildman–Crippen LogP) is 1.62. The van der Waals surface area contributed by atoms with Crippen molar-refractivity contribution in [2.75, 3.05) is 33.1 Å². The number of hydrogen-bond acceptors (Lipinski definition) is 5. The van der Waals surface area contributed by atoms with Crippen molar-refractivity contribution in [3.8, 4) is 5.75 Å². The van der Waals surface area contributed by atoms with Crippen LogP contribution < -0.4 is 4.74 Å². The number of carbonyl (C=O) groups excluding carboxylic acids is 1. The van der Waals surface area contributed by atoms with Crippen molar-refractivity contribution in [3.63, 3.8) is 0 Å². The summed E-state index contributed by atoms with van der Waals surface area (Å²) in [6, 6.07) is 7.70. The minimum Gasteiger partial charge on any atom is -0.497 e. The SMILES string of the molecule is COC(=O)[C@H](C)CS(=O)(=O)N1CC[C@H](c2ccc(OC)cc2)C1. The molecule has 0 amide bonds. The van der Waals surface area contributed by atoms with Crippen molar-refractivity contribution < 1.29 is 22.7 Å². The second-order valence-electron chi connectivity index (χ2n) is 5.82. The van der Waals surface area contributed by atoms with E-state index in [0.717, 1.165) is 17.7 Å². The van der Waals surface area contributed by atoms with Crippen LogP contribution in [0.2, 0.25) is 0 Å². The highest BCUT2D eigenvalue weighted by molar-refractivity contribution is 7.89. The number of methoxy groups -OCH3 is 2. The Morgan fingerprint density at radius 3 is 2.52 bits per heavy atom. The van der Waals surface area contributed by atoms with Crippen molar-refractivity contribution in [2.45, 2.75) is 19.3 Å². The molecule has 0 radical (unpaired) electrons. The minimum absolute atomic E-state index is 0.170. The van der Waals surface area contributed by atoms with Crippen LogP contribution in [0.25, 0.3) is 0 Å². The van der Waals surface area contributed by atoms with Gasteiger partial charge in [-0.05, 0) is 30.0 Å². The number of esters is 1. The molecule has 1 heterocycles. The molecule has 7 heteroatoms.